The van der Waals surface area contributed by atoms with Crippen molar-refractivity contribution in [2.75, 3.05) is 18.5 Å². The van der Waals surface area contributed by atoms with Gasteiger partial charge in [0, 0.05) is 36.0 Å². The number of ether oxygens (including phenoxy) is 1. The van der Waals surface area contributed by atoms with E-state index in [4.69, 9.17) is 4.74 Å². The Morgan fingerprint density at radius 1 is 1.29 bits per heavy atom. The number of hydrogen-bond donors (Lipinski definition) is 1. The fraction of sp³-hybridized carbons (Fsp3) is 0.471. The summed E-state index contributed by atoms with van der Waals surface area (Å²) in [6, 6.07) is 7.09. The predicted octanol–water partition coefficient (Wildman–Crippen LogP) is 3.91. The van der Waals surface area contributed by atoms with Gasteiger partial charge in [0.25, 0.3) is 0 Å². The Labute approximate surface area is 124 Å². The van der Waals surface area contributed by atoms with Crippen LogP contribution in [0.3, 0.4) is 0 Å². The maximum Gasteiger partial charge on any atom is 0.124 e. The lowest BCUT2D eigenvalue weighted by Crippen LogP contribution is -2.31. The van der Waals surface area contributed by atoms with Gasteiger partial charge in [-0.3, -0.25) is 4.98 Å². The van der Waals surface area contributed by atoms with E-state index in [2.05, 4.69) is 17.2 Å². The molecule has 1 aliphatic rings. The van der Waals surface area contributed by atoms with Crippen molar-refractivity contribution in [2.45, 2.75) is 32.7 Å². The Kier molecular flexibility index (Phi) is 4.06. The highest BCUT2D eigenvalue weighted by molar-refractivity contribution is 5.91. The largest absolute Gasteiger partial charge is 0.382 e. The molecule has 4 heteroatoms. The van der Waals surface area contributed by atoms with Gasteiger partial charge in [0.2, 0.25) is 0 Å². The molecule has 21 heavy (non-hydrogen) atoms. The molecule has 1 atom stereocenters. The number of nitrogens with zero attached hydrogens (tertiary/aromatic N) is 1. The normalized spacial score (nSPS) is 17.9. The molecule has 1 fully saturated rings. The van der Waals surface area contributed by atoms with Crippen LogP contribution in [0, 0.1) is 18.7 Å². The number of rotatable bonds is 3. The van der Waals surface area contributed by atoms with Crippen molar-refractivity contribution in [1.82, 2.24) is 4.98 Å². The van der Waals surface area contributed by atoms with Crippen molar-refractivity contribution >= 4 is 16.6 Å². The smallest absolute Gasteiger partial charge is 0.124 e. The number of nitrogens with one attached hydrogen (secondary N) is 1. The maximum atomic E-state index is 13.5. The highest BCUT2D eigenvalue weighted by Gasteiger charge is 2.21. The molecule has 0 amide bonds. The SMILES string of the molecule is Cc1cc(NC(C)C2CCOCC2)c2cc(F)ccc2n1. The molecule has 1 aromatic heterocycles. The molecule has 0 saturated carbocycles. The zero-order chi connectivity index (χ0) is 14.8. The second kappa shape index (κ2) is 5.98. The minimum absolute atomic E-state index is 0.227. The zero-order valence-corrected chi connectivity index (χ0v) is 12.5. The number of aryl methyl sites for hydroxylation is 1. The van der Waals surface area contributed by atoms with Crippen molar-refractivity contribution in [3.05, 3.63) is 35.8 Å². The number of anilines is 1. The third kappa shape index (κ3) is 3.16. The molecule has 1 aromatic carbocycles. The highest BCUT2D eigenvalue weighted by atomic mass is 19.1. The first-order valence-corrected chi connectivity index (χ1v) is 7.54. The third-order valence-electron chi connectivity index (χ3n) is 4.26. The van der Waals surface area contributed by atoms with Crippen molar-refractivity contribution in [3.8, 4) is 0 Å². The van der Waals surface area contributed by atoms with E-state index in [1.807, 2.05) is 13.0 Å². The van der Waals surface area contributed by atoms with Crippen LogP contribution in [-0.4, -0.2) is 24.2 Å². The fourth-order valence-corrected chi connectivity index (χ4v) is 3.03. The maximum absolute atomic E-state index is 13.5. The van der Waals surface area contributed by atoms with Crippen molar-refractivity contribution in [3.63, 3.8) is 0 Å². The van der Waals surface area contributed by atoms with Gasteiger partial charge >= 0.3 is 0 Å². The van der Waals surface area contributed by atoms with E-state index in [-0.39, 0.29) is 5.82 Å². The molecule has 0 radical (unpaired) electrons. The van der Waals surface area contributed by atoms with Crippen molar-refractivity contribution in [2.24, 2.45) is 5.92 Å². The molecule has 0 aliphatic carbocycles. The predicted molar refractivity (Wildman–Crippen MR) is 83.1 cm³/mol. The third-order valence-corrected chi connectivity index (χ3v) is 4.26. The van der Waals surface area contributed by atoms with Crippen LogP contribution in [0.2, 0.25) is 0 Å². The summed E-state index contributed by atoms with van der Waals surface area (Å²) in [5.41, 5.74) is 2.74. The quantitative estimate of drug-likeness (QED) is 0.930. The summed E-state index contributed by atoms with van der Waals surface area (Å²) in [5.74, 6) is 0.366. The van der Waals surface area contributed by atoms with E-state index < -0.39 is 0 Å². The second-order valence-corrected chi connectivity index (χ2v) is 5.86. The van der Waals surface area contributed by atoms with E-state index in [1.165, 1.54) is 6.07 Å². The number of halogens is 1. The first kappa shape index (κ1) is 14.3. The van der Waals surface area contributed by atoms with Gasteiger partial charge in [-0.1, -0.05) is 0 Å². The highest BCUT2D eigenvalue weighted by Crippen LogP contribution is 2.27. The molecular formula is C17H21FN2O. The molecule has 0 spiro atoms. The average Bonchev–Trinajstić information content (AvgIpc) is 2.49. The summed E-state index contributed by atoms with van der Waals surface area (Å²) in [5, 5.41) is 4.41. The second-order valence-electron chi connectivity index (χ2n) is 5.86. The molecular weight excluding hydrogens is 267 g/mol. The van der Waals surface area contributed by atoms with Gasteiger partial charge in [-0.25, -0.2) is 4.39 Å². The standard InChI is InChI=1S/C17H21FN2O/c1-11-9-17(15-10-14(18)3-4-16(15)19-11)20-12(2)13-5-7-21-8-6-13/h3-4,9-10,12-13H,5-8H2,1-2H3,(H,19,20). The summed E-state index contributed by atoms with van der Waals surface area (Å²) in [4.78, 5) is 4.47. The molecule has 2 heterocycles. The minimum Gasteiger partial charge on any atom is -0.382 e. The van der Waals surface area contributed by atoms with Gasteiger partial charge in [-0.05, 0) is 56.9 Å². The molecule has 1 saturated heterocycles. The van der Waals surface area contributed by atoms with Gasteiger partial charge < -0.3 is 10.1 Å². The van der Waals surface area contributed by atoms with E-state index in [9.17, 15) is 4.39 Å². The van der Waals surface area contributed by atoms with Gasteiger partial charge in [-0.2, -0.15) is 0 Å². The van der Waals surface area contributed by atoms with Gasteiger partial charge in [0.15, 0.2) is 0 Å². The Bertz CT molecular complexity index is 638. The molecule has 112 valence electrons. The zero-order valence-electron chi connectivity index (χ0n) is 12.5. The lowest BCUT2D eigenvalue weighted by molar-refractivity contribution is 0.0622. The monoisotopic (exact) mass is 288 g/mol. The Balaban J connectivity index is 1.90. The molecule has 1 N–H and O–H groups in total. The average molecular weight is 288 g/mol. The van der Waals surface area contributed by atoms with Gasteiger partial charge in [-0.15, -0.1) is 0 Å². The van der Waals surface area contributed by atoms with Crippen LogP contribution < -0.4 is 5.32 Å². The lowest BCUT2D eigenvalue weighted by Gasteiger charge is -2.29. The topological polar surface area (TPSA) is 34.1 Å². The first-order valence-electron chi connectivity index (χ1n) is 7.54. The summed E-state index contributed by atoms with van der Waals surface area (Å²) in [6.07, 6.45) is 2.15. The molecule has 2 aromatic rings. The molecule has 0 bridgehead atoms. The summed E-state index contributed by atoms with van der Waals surface area (Å²) in [6.45, 7) is 5.83. The van der Waals surface area contributed by atoms with E-state index in [0.29, 0.717) is 12.0 Å². The molecule has 1 unspecified atom stereocenters. The van der Waals surface area contributed by atoms with Crippen LogP contribution in [0.5, 0.6) is 0 Å². The van der Waals surface area contributed by atoms with E-state index in [1.54, 1.807) is 12.1 Å². The summed E-state index contributed by atoms with van der Waals surface area (Å²) >= 11 is 0. The number of hydrogen-bond acceptors (Lipinski definition) is 3. The van der Waals surface area contributed by atoms with E-state index in [0.717, 1.165) is 48.3 Å². The summed E-state index contributed by atoms with van der Waals surface area (Å²) < 4.78 is 19.0. The van der Waals surface area contributed by atoms with Crippen LogP contribution in [0.1, 0.15) is 25.5 Å². The molecule has 3 nitrogen and oxygen atoms in total. The molecule has 1 aliphatic heterocycles. The van der Waals surface area contributed by atoms with Crippen molar-refractivity contribution < 1.29 is 9.13 Å². The fourth-order valence-electron chi connectivity index (χ4n) is 3.03. The Morgan fingerprint density at radius 3 is 2.81 bits per heavy atom. The van der Waals surface area contributed by atoms with Gasteiger partial charge in [0.1, 0.15) is 5.82 Å². The number of benzene rings is 1. The van der Waals surface area contributed by atoms with Gasteiger partial charge in [0.05, 0.1) is 5.52 Å². The van der Waals surface area contributed by atoms with Crippen LogP contribution in [0.25, 0.3) is 10.9 Å². The number of fused-ring (bicyclic) bond motifs is 1. The van der Waals surface area contributed by atoms with Crippen molar-refractivity contribution in [1.29, 1.82) is 0 Å². The van der Waals surface area contributed by atoms with Crippen LogP contribution in [-0.2, 0) is 4.74 Å². The first-order chi connectivity index (χ1) is 10.1. The minimum atomic E-state index is -0.227. The van der Waals surface area contributed by atoms with E-state index >= 15 is 0 Å². The number of aromatic nitrogens is 1. The summed E-state index contributed by atoms with van der Waals surface area (Å²) in [7, 11) is 0. The number of pyridine rings is 1. The molecule has 3 rings (SSSR count). The Morgan fingerprint density at radius 2 is 2.05 bits per heavy atom. The van der Waals surface area contributed by atoms with Crippen LogP contribution in [0.15, 0.2) is 24.3 Å². The van der Waals surface area contributed by atoms with Crippen LogP contribution >= 0.6 is 0 Å². The Hall–Kier alpha value is -1.68. The van der Waals surface area contributed by atoms with Crippen LogP contribution in [0.4, 0.5) is 10.1 Å². The lowest BCUT2D eigenvalue weighted by atomic mass is 9.92.